The van der Waals surface area contributed by atoms with Crippen LogP contribution in [0.15, 0.2) is 115 Å². The summed E-state index contributed by atoms with van der Waals surface area (Å²) in [6, 6.07) is 33.0. The van der Waals surface area contributed by atoms with Crippen LogP contribution in [0.4, 0.5) is 10.1 Å². The number of carbonyl (C=O) groups is 2. The Morgan fingerprint density at radius 1 is 0.730 bits per heavy atom. The minimum absolute atomic E-state index is 0.00934. The van der Waals surface area contributed by atoms with E-state index in [1.807, 2.05) is 84.9 Å². The Kier molecular flexibility index (Phi) is 8.61. The van der Waals surface area contributed by atoms with Gasteiger partial charge in [-0.15, -0.1) is 0 Å². The highest BCUT2D eigenvalue weighted by Gasteiger charge is 2.16. The third kappa shape index (κ3) is 7.48. The van der Waals surface area contributed by atoms with Crippen molar-refractivity contribution in [2.24, 2.45) is 0 Å². The van der Waals surface area contributed by atoms with Crippen LogP contribution in [-0.2, 0) is 29.1 Å². The van der Waals surface area contributed by atoms with Crippen molar-refractivity contribution in [1.82, 2.24) is 4.90 Å². The zero-order chi connectivity index (χ0) is 26.0. The molecule has 4 nitrogen and oxygen atoms in total. The van der Waals surface area contributed by atoms with Crippen LogP contribution in [-0.4, -0.2) is 23.8 Å². The molecule has 0 saturated heterocycles. The van der Waals surface area contributed by atoms with Crippen molar-refractivity contribution < 1.29 is 14.0 Å². The van der Waals surface area contributed by atoms with E-state index in [-0.39, 0.29) is 30.6 Å². The molecule has 0 radical (unpaired) electrons. The van der Waals surface area contributed by atoms with Crippen molar-refractivity contribution in [2.75, 3.05) is 11.9 Å². The van der Waals surface area contributed by atoms with E-state index in [1.165, 1.54) is 18.2 Å². The predicted molar refractivity (Wildman–Crippen MR) is 146 cm³/mol. The molecule has 5 heteroatoms. The minimum Gasteiger partial charge on any atom is -0.341 e. The molecule has 0 atom stereocenters. The molecule has 0 saturated carbocycles. The van der Waals surface area contributed by atoms with Crippen LogP contribution in [0.25, 0.3) is 6.08 Å². The molecular formula is C32H29FN2O2. The van der Waals surface area contributed by atoms with Crippen LogP contribution in [0.2, 0.25) is 0 Å². The van der Waals surface area contributed by atoms with Gasteiger partial charge in [0.1, 0.15) is 5.82 Å². The molecule has 4 aromatic carbocycles. The van der Waals surface area contributed by atoms with Crippen molar-refractivity contribution in [3.05, 3.63) is 143 Å². The second-order valence-electron chi connectivity index (χ2n) is 8.88. The van der Waals surface area contributed by atoms with Crippen LogP contribution in [0.5, 0.6) is 0 Å². The Hall–Kier alpha value is -4.51. The van der Waals surface area contributed by atoms with Crippen molar-refractivity contribution in [2.45, 2.75) is 19.5 Å². The smallest absolute Gasteiger partial charge is 0.251 e. The van der Waals surface area contributed by atoms with E-state index < -0.39 is 0 Å². The maximum Gasteiger partial charge on any atom is 0.251 e. The molecule has 0 heterocycles. The van der Waals surface area contributed by atoms with Gasteiger partial charge in [0.15, 0.2) is 0 Å². The van der Waals surface area contributed by atoms with Crippen LogP contribution >= 0.6 is 0 Å². The molecule has 0 N–H and O–H groups in total. The molecule has 0 bridgehead atoms. The largest absolute Gasteiger partial charge is 0.341 e. The number of amides is 2. The molecule has 4 aromatic rings. The summed E-state index contributed by atoms with van der Waals surface area (Å²) < 4.78 is 13.8. The number of hydrogen-bond donors (Lipinski definition) is 0. The maximum atomic E-state index is 13.8. The van der Waals surface area contributed by atoms with Gasteiger partial charge >= 0.3 is 0 Å². The van der Waals surface area contributed by atoms with E-state index in [0.29, 0.717) is 17.8 Å². The molecule has 0 spiro atoms. The minimum atomic E-state index is -0.349. The Labute approximate surface area is 217 Å². The summed E-state index contributed by atoms with van der Waals surface area (Å²) >= 11 is 0. The molecular weight excluding hydrogens is 463 g/mol. The summed E-state index contributed by atoms with van der Waals surface area (Å²) in [6.45, 7) is 0.759. The first kappa shape index (κ1) is 25.6. The summed E-state index contributed by atoms with van der Waals surface area (Å²) in [5.41, 5.74) is 4.19. The van der Waals surface area contributed by atoms with Gasteiger partial charge < -0.3 is 9.80 Å². The number of carbonyl (C=O) groups excluding carboxylic acids is 2. The topological polar surface area (TPSA) is 40.6 Å². The van der Waals surface area contributed by atoms with Gasteiger partial charge in [0.05, 0.1) is 13.0 Å². The quantitative estimate of drug-likeness (QED) is 0.258. The highest BCUT2D eigenvalue weighted by Crippen LogP contribution is 2.21. The Bertz CT molecular complexity index is 1350. The fraction of sp³-hybridized carbons (Fsp3) is 0.125. The first-order valence-electron chi connectivity index (χ1n) is 12.1. The number of rotatable bonds is 9. The number of benzene rings is 4. The fourth-order valence-corrected chi connectivity index (χ4v) is 3.98. The van der Waals surface area contributed by atoms with Gasteiger partial charge in [-0.1, -0.05) is 84.9 Å². The zero-order valence-electron chi connectivity index (χ0n) is 20.8. The number of nitrogens with zero attached hydrogens (tertiary/aromatic N) is 2. The van der Waals surface area contributed by atoms with Crippen molar-refractivity contribution in [1.29, 1.82) is 0 Å². The number of hydrogen-bond acceptors (Lipinski definition) is 2. The van der Waals surface area contributed by atoms with E-state index in [9.17, 15) is 14.0 Å². The molecule has 0 aromatic heterocycles. The van der Waals surface area contributed by atoms with Gasteiger partial charge in [-0.25, -0.2) is 4.39 Å². The van der Waals surface area contributed by atoms with E-state index >= 15 is 0 Å². The van der Waals surface area contributed by atoms with Gasteiger partial charge in [-0.2, -0.15) is 0 Å². The van der Waals surface area contributed by atoms with Crippen LogP contribution in [0.3, 0.4) is 0 Å². The molecule has 0 aliphatic carbocycles. The molecule has 2 amide bonds. The molecule has 0 aliphatic heterocycles. The normalized spacial score (nSPS) is 10.9. The van der Waals surface area contributed by atoms with Crippen molar-refractivity contribution >= 4 is 23.6 Å². The summed E-state index contributed by atoms with van der Waals surface area (Å²) in [6.07, 6.45) is 3.54. The third-order valence-electron chi connectivity index (χ3n) is 6.01. The lowest BCUT2D eigenvalue weighted by atomic mass is 10.1. The summed E-state index contributed by atoms with van der Waals surface area (Å²) in [7, 11) is 1.79. The summed E-state index contributed by atoms with van der Waals surface area (Å²) in [4.78, 5) is 29.3. The van der Waals surface area contributed by atoms with E-state index in [0.717, 1.165) is 16.7 Å². The van der Waals surface area contributed by atoms with Crippen LogP contribution in [0.1, 0.15) is 22.3 Å². The Morgan fingerprint density at radius 3 is 2.05 bits per heavy atom. The first-order valence-corrected chi connectivity index (χ1v) is 12.1. The van der Waals surface area contributed by atoms with Crippen LogP contribution < -0.4 is 4.90 Å². The number of likely N-dealkylation sites (N-methyl/N-ethyl adjacent to an activating group) is 1. The van der Waals surface area contributed by atoms with Gasteiger partial charge in [0.25, 0.3) is 5.91 Å². The average molecular weight is 493 g/mol. The summed E-state index contributed by atoms with van der Waals surface area (Å²) in [5.74, 6) is -0.562. The molecule has 0 fully saturated rings. The first-order chi connectivity index (χ1) is 18.0. The lowest BCUT2D eigenvalue weighted by Gasteiger charge is -2.22. The van der Waals surface area contributed by atoms with Gasteiger partial charge in [-0.3, -0.25) is 9.59 Å². The van der Waals surface area contributed by atoms with Gasteiger partial charge in [-0.05, 0) is 52.6 Å². The van der Waals surface area contributed by atoms with E-state index in [1.54, 1.807) is 35.1 Å². The van der Waals surface area contributed by atoms with Crippen LogP contribution in [0, 0.1) is 5.82 Å². The van der Waals surface area contributed by atoms with Crippen molar-refractivity contribution in [3.63, 3.8) is 0 Å². The second-order valence-corrected chi connectivity index (χ2v) is 8.88. The van der Waals surface area contributed by atoms with Gasteiger partial charge in [0, 0.05) is 25.4 Å². The lowest BCUT2D eigenvalue weighted by Crippen LogP contribution is -2.29. The highest BCUT2D eigenvalue weighted by molar-refractivity contribution is 6.03. The Morgan fingerprint density at radius 2 is 1.38 bits per heavy atom. The molecule has 0 unspecified atom stereocenters. The average Bonchev–Trinajstić information content (AvgIpc) is 2.92. The SMILES string of the molecule is CN(Cc1ccccc1)C(=O)Cc1ccc(N(Cc2cccc(F)c2)C(=O)/C=C/c2ccccc2)cc1. The predicted octanol–water partition coefficient (Wildman–Crippen LogP) is 6.27. The number of halogens is 1. The fourth-order valence-electron chi connectivity index (χ4n) is 3.98. The second kappa shape index (κ2) is 12.5. The van der Waals surface area contributed by atoms with E-state index in [2.05, 4.69) is 0 Å². The number of anilines is 1. The Balaban J connectivity index is 1.49. The van der Waals surface area contributed by atoms with E-state index in [4.69, 9.17) is 0 Å². The molecule has 4 rings (SSSR count). The molecule has 0 aliphatic rings. The standard InChI is InChI=1S/C32H29FN2O2/c1-34(23-27-11-6-3-7-12-27)32(37)22-26-15-18-30(19-16-26)35(24-28-13-8-14-29(33)21-28)31(36)20-17-25-9-4-2-5-10-25/h2-21H,22-24H2,1H3/b20-17+. The zero-order valence-corrected chi connectivity index (χ0v) is 20.8. The van der Waals surface area contributed by atoms with Crippen molar-refractivity contribution in [3.8, 4) is 0 Å². The molecule has 37 heavy (non-hydrogen) atoms. The van der Waals surface area contributed by atoms with Gasteiger partial charge in [0.2, 0.25) is 5.91 Å². The summed E-state index contributed by atoms with van der Waals surface area (Å²) in [5, 5.41) is 0. The third-order valence-corrected chi connectivity index (χ3v) is 6.01. The lowest BCUT2D eigenvalue weighted by molar-refractivity contribution is -0.129. The highest BCUT2D eigenvalue weighted by atomic mass is 19.1. The molecule has 186 valence electrons. The monoisotopic (exact) mass is 492 g/mol. The maximum absolute atomic E-state index is 13.8.